The second-order valence-electron chi connectivity index (χ2n) is 5.37. The Hall–Kier alpha value is -0.0800. The largest absolute Gasteiger partial charge is 0.330 e. The molecule has 1 unspecified atom stereocenters. The summed E-state index contributed by atoms with van der Waals surface area (Å²) >= 11 is 0. The number of hydrogen-bond donors (Lipinski definition) is 1. The third kappa shape index (κ3) is 1.96. The van der Waals surface area contributed by atoms with Crippen molar-refractivity contribution in [3.8, 4) is 0 Å². The van der Waals surface area contributed by atoms with Crippen LogP contribution in [0.3, 0.4) is 0 Å². The average Bonchev–Trinajstić information content (AvgIpc) is 2.14. The summed E-state index contributed by atoms with van der Waals surface area (Å²) in [6, 6.07) is 0.799. The highest BCUT2D eigenvalue weighted by Gasteiger charge is 2.38. The first-order valence-electron chi connectivity index (χ1n) is 6.20. The van der Waals surface area contributed by atoms with Gasteiger partial charge in [-0.05, 0) is 51.1 Å². The number of nitrogens with zero attached hydrogens (tertiary/aromatic N) is 1. The Morgan fingerprint density at radius 3 is 2.57 bits per heavy atom. The van der Waals surface area contributed by atoms with Gasteiger partial charge in [-0.1, -0.05) is 12.8 Å². The highest BCUT2D eigenvalue weighted by Crippen LogP contribution is 2.41. The van der Waals surface area contributed by atoms with Gasteiger partial charge in [0.15, 0.2) is 0 Å². The van der Waals surface area contributed by atoms with E-state index in [2.05, 4.69) is 11.8 Å². The Kier molecular flexibility index (Phi) is 3.13. The average molecular weight is 196 g/mol. The maximum Gasteiger partial charge on any atom is 0.00671 e. The van der Waals surface area contributed by atoms with Crippen LogP contribution in [0.4, 0.5) is 0 Å². The minimum Gasteiger partial charge on any atom is -0.330 e. The van der Waals surface area contributed by atoms with Gasteiger partial charge in [0.05, 0.1) is 0 Å². The van der Waals surface area contributed by atoms with Gasteiger partial charge in [-0.2, -0.15) is 0 Å². The summed E-state index contributed by atoms with van der Waals surface area (Å²) in [5.74, 6) is 0. The van der Waals surface area contributed by atoms with Crippen LogP contribution in [0, 0.1) is 5.41 Å². The smallest absolute Gasteiger partial charge is 0.00671 e. The van der Waals surface area contributed by atoms with Crippen molar-refractivity contribution in [2.75, 3.05) is 19.6 Å². The van der Waals surface area contributed by atoms with E-state index in [0.717, 1.165) is 12.6 Å². The van der Waals surface area contributed by atoms with Gasteiger partial charge in [-0.3, -0.25) is 0 Å². The van der Waals surface area contributed by atoms with Gasteiger partial charge >= 0.3 is 0 Å². The van der Waals surface area contributed by atoms with E-state index in [0.29, 0.717) is 5.41 Å². The molecular formula is C12H24N2. The summed E-state index contributed by atoms with van der Waals surface area (Å²) in [6.45, 7) is 5.85. The first kappa shape index (κ1) is 10.4. The molecule has 0 radical (unpaired) electrons. The molecule has 0 amide bonds. The molecule has 1 saturated heterocycles. The van der Waals surface area contributed by atoms with E-state index in [1.54, 1.807) is 0 Å². The molecule has 2 fully saturated rings. The van der Waals surface area contributed by atoms with E-state index in [4.69, 9.17) is 5.73 Å². The molecule has 1 aliphatic carbocycles. The van der Waals surface area contributed by atoms with E-state index >= 15 is 0 Å². The summed E-state index contributed by atoms with van der Waals surface area (Å²) in [6.07, 6.45) is 8.35. The van der Waals surface area contributed by atoms with Crippen molar-refractivity contribution in [3.63, 3.8) is 0 Å². The van der Waals surface area contributed by atoms with Gasteiger partial charge in [0.2, 0.25) is 0 Å². The normalized spacial score (nSPS) is 32.6. The monoisotopic (exact) mass is 196 g/mol. The molecule has 2 nitrogen and oxygen atoms in total. The molecule has 82 valence electrons. The van der Waals surface area contributed by atoms with Crippen LogP contribution in [-0.4, -0.2) is 30.6 Å². The van der Waals surface area contributed by atoms with Crippen LogP contribution >= 0.6 is 0 Å². The lowest BCUT2D eigenvalue weighted by molar-refractivity contribution is 0.0404. The van der Waals surface area contributed by atoms with Crippen molar-refractivity contribution in [2.24, 2.45) is 11.1 Å². The molecule has 2 aliphatic rings. The van der Waals surface area contributed by atoms with E-state index in [9.17, 15) is 0 Å². The molecule has 14 heavy (non-hydrogen) atoms. The minimum absolute atomic E-state index is 0.506. The van der Waals surface area contributed by atoms with Gasteiger partial charge in [0.1, 0.15) is 0 Å². The molecule has 1 saturated carbocycles. The zero-order valence-corrected chi connectivity index (χ0v) is 9.47. The highest BCUT2D eigenvalue weighted by atomic mass is 15.2. The first-order chi connectivity index (χ1) is 6.76. The molecule has 1 heterocycles. The number of likely N-dealkylation sites (tertiary alicyclic amines) is 1. The number of piperidine rings is 1. The lowest BCUT2D eigenvalue weighted by Gasteiger charge is -2.47. The van der Waals surface area contributed by atoms with Gasteiger partial charge in [-0.15, -0.1) is 0 Å². The SMILES string of the molecule is CC1CCCCN1CC1(CN)CCC1. The summed E-state index contributed by atoms with van der Waals surface area (Å²) in [7, 11) is 0. The molecule has 2 N–H and O–H groups in total. The van der Waals surface area contributed by atoms with E-state index in [-0.39, 0.29) is 0 Å². The predicted molar refractivity (Wildman–Crippen MR) is 60.2 cm³/mol. The molecule has 0 spiro atoms. The lowest BCUT2D eigenvalue weighted by atomic mass is 9.68. The Balaban J connectivity index is 1.88. The first-order valence-corrected chi connectivity index (χ1v) is 6.20. The maximum absolute atomic E-state index is 5.90. The Bertz CT molecular complexity index is 181. The Morgan fingerprint density at radius 2 is 2.07 bits per heavy atom. The zero-order valence-electron chi connectivity index (χ0n) is 9.47. The molecule has 1 atom stereocenters. The molecular weight excluding hydrogens is 172 g/mol. The summed E-state index contributed by atoms with van der Waals surface area (Å²) in [5, 5.41) is 0. The third-order valence-electron chi connectivity index (χ3n) is 4.33. The van der Waals surface area contributed by atoms with Crippen molar-refractivity contribution < 1.29 is 0 Å². The van der Waals surface area contributed by atoms with Crippen LogP contribution in [0.2, 0.25) is 0 Å². The van der Waals surface area contributed by atoms with Gasteiger partial charge in [-0.25, -0.2) is 0 Å². The standard InChI is InChI=1S/C12H24N2/c1-11-5-2-3-8-14(11)10-12(9-13)6-4-7-12/h11H,2-10,13H2,1H3. The van der Waals surface area contributed by atoms with Crippen molar-refractivity contribution in [3.05, 3.63) is 0 Å². The van der Waals surface area contributed by atoms with Crippen LogP contribution in [0.5, 0.6) is 0 Å². The van der Waals surface area contributed by atoms with E-state index in [1.807, 2.05) is 0 Å². The molecule has 1 aliphatic heterocycles. The van der Waals surface area contributed by atoms with Crippen LogP contribution in [0.25, 0.3) is 0 Å². The fourth-order valence-electron chi connectivity index (χ4n) is 2.93. The lowest BCUT2D eigenvalue weighted by Crippen LogP contribution is -2.50. The zero-order chi connectivity index (χ0) is 10.0. The van der Waals surface area contributed by atoms with Gasteiger partial charge in [0.25, 0.3) is 0 Å². The van der Waals surface area contributed by atoms with Crippen LogP contribution < -0.4 is 5.73 Å². The summed E-state index contributed by atoms with van der Waals surface area (Å²) < 4.78 is 0. The number of hydrogen-bond acceptors (Lipinski definition) is 2. The fourth-order valence-corrected chi connectivity index (χ4v) is 2.93. The topological polar surface area (TPSA) is 29.3 Å². The second-order valence-corrected chi connectivity index (χ2v) is 5.37. The highest BCUT2D eigenvalue weighted by molar-refractivity contribution is 4.92. The second kappa shape index (κ2) is 4.19. The van der Waals surface area contributed by atoms with Gasteiger partial charge in [0, 0.05) is 12.6 Å². The molecule has 2 rings (SSSR count). The Labute approximate surface area is 87.8 Å². The predicted octanol–water partition coefficient (Wildman–Crippen LogP) is 1.99. The van der Waals surface area contributed by atoms with Crippen LogP contribution in [-0.2, 0) is 0 Å². The molecule has 0 bridgehead atoms. The Morgan fingerprint density at radius 1 is 1.29 bits per heavy atom. The summed E-state index contributed by atoms with van der Waals surface area (Å²) in [4.78, 5) is 2.68. The number of rotatable bonds is 3. The van der Waals surface area contributed by atoms with Crippen molar-refractivity contribution >= 4 is 0 Å². The molecule has 0 aromatic carbocycles. The molecule has 0 aromatic rings. The van der Waals surface area contributed by atoms with Crippen molar-refractivity contribution in [1.29, 1.82) is 0 Å². The van der Waals surface area contributed by atoms with E-state index < -0.39 is 0 Å². The van der Waals surface area contributed by atoms with E-state index in [1.165, 1.54) is 51.6 Å². The van der Waals surface area contributed by atoms with Crippen LogP contribution in [0.15, 0.2) is 0 Å². The summed E-state index contributed by atoms with van der Waals surface area (Å²) in [5.41, 5.74) is 6.41. The fraction of sp³-hybridized carbons (Fsp3) is 1.00. The van der Waals surface area contributed by atoms with Crippen molar-refractivity contribution in [2.45, 2.75) is 51.5 Å². The third-order valence-corrected chi connectivity index (χ3v) is 4.33. The van der Waals surface area contributed by atoms with Gasteiger partial charge < -0.3 is 10.6 Å². The quantitative estimate of drug-likeness (QED) is 0.748. The number of nitrogens with two attached hydrogens (primary N) is 1. The minimum atomic E-state index is 0.506. The van der Waals surface area contributed by atoms with Crippen LogP contribution in [0.1, 0.15) is 45.4 Å². The van der Waals surface area contributed by atoms with Crippen molar-refractivity contribution in [1.82, 2.24) is 4.90 Å². The maximum atomic E-state index is 5.90. The molecule has 0 aromatic heterocycles. The molecule has 2 heteroatoms.